The van der Waals surface area contributed by atoms with E-state index in [4.69, 9.17) is 4.74 Å². The zero-order valence-electron chi connectivity index (χ0n) is 16.1. The number of hydrogen-bond acceptors (Lipinski definition) is 4. The van der Waals surface area contributed by atoms with Gasteiger partial charge in [0.1, 0.15) is 18.0 Å². The van der Waals surface area contributed by atoms with Crippen molar-refractivity contribution in [3.8, 4) is 5.75 Å². The van der Waals surface area contributed by atoms with Crippen LogP contribution in [-0.2, 0) is 17.9 Å². The molecule has 0 aliphatic heterocycles. The fourth-order valence-electron chi connectivity index (χ4n) is 2.92. The summed E-state index contributed by atoms with van der Waals surface area (Å²) in [7, 11) is 1.81. The monoisotopic (exact) mass is 403 g/mol. The third kappa shape index (κ3) is 4.92. The normalized spacial score (nSPS) is 11.2. The Bertz CT molecular complexity index is 1080. The molecule has 3 heterocycles. The molecular weight excluding hydrogens is 382 g/mol. The molecule has 4 rings (SSSR count). The highest BCUT2D eigenvalue weighted by atomic mass is 32.1. The standard InChI is InChI=1S/C23H21N3O2S/c1-25(14-19-11-13-29-17-19)23(27)10-7-18-5-8-21(9-6-18)28-16-20-15-26-12-3-2-4-22(26)24-20/h2-13,15,17H,14,16H2,1H3/b10-7+. The average Bonchev–Trinajstić information content (AvgIpc) is 3.40. The smallest absolute Gasteiger partial charge is 0.246 e. The minimum atomic E-state index is -0.0247. The Labute approximate surface area is 173 Å². The molecule has 6 heteroatoms. The summed E-state index contributed by atoms with van der Waals surface area (Å²) in [6.45, 7) is 1.02. The first-order chi connectivity index (χ1) is 14.2. The summed E-state index contributed by atoms with van der Waals surface area (Å²) in [6.07, 6.45) is 7.34. The number of carbonyl (C=O) groups is 1. The minimum absolute atomic E-state index is 0.0247. The zero-order valence-corrected chi connectivity index (χ0v) is 16.9. The van der Waals surface area contributed by atoms with Gasteiger partial charge in [0, 0.05) is 32.1 Å². The van der Waals surface area contributed by atoms with Crippen LogP contribution in [0, 0.1) is 0 Å². The van der Waals surface area contributed by atoms with Crippen LogP contribution in [0.1, 0.15) is 16.8 Å². The molecule has 0 atom stereocenters. The van der Waals surface area contributed by atoms with Crippen LogP contribution in [0.5, 0.6) is 5.75 Å². The van der Waals surface area contributed by atoms with Crippen LogP contribution >= 0.6 is 11.3 Å². The summed E-state index contributed by atoms with van der Waals surface area (Å²) in [5.74, 6) is 0.739. The van der Waals surface area contributed by atoms with Gasteiger partial charge in [0.05, 0.1) is 5.69 Å². The van der Waals surface area contributed by atoms with Crippen molar-refractivity contribution in [2.75, 3.05) is 7.05 Å². The van der Waals surface area contributed by atoms with Crippen molar-refractivity contribution >= 4 is 29.0 Å². The van der Waals surface area contributed by atoms with Gasteiger partial charge in [0.25, 0.3) is 0 Å². The number of amides is 1. The second-order valence-corrected chi connectivity index (χ2v) is 7.50. The number of aromatic nitrogens is 2. The van der Waals surface area contributed by atoms with Gasteiger partial charge < -0.3 is 14.0 Å². The van der Waals surface area contributed by atoms with Crippen molar-refractivity contribution in [2.45, 2.75) is 13.2 Å². The summed E-state index contributed by atoms with van der Waals surface area (Å²) in [5.41, 5.74) is 3.87. The Morgan fingerprint density at radius 3 is 2.83 bits per heavy atom. The Morgan fingerprint density at radius 1 is 1.21 bits per heavy atom. The maximum atomic E-state index is 12.3. The molecule has 0 aliphatic rings. The molecule has 0 spiro atoms. The van der Waals surface area contributed by atoms with Crippen molar-refractivity contribution < 1.29 is 9.53 Å². The Balaban J connectivity index is 1.31. The van der Waals surface area contributed by atoms with Crippen LogP contribution in [0.15, 0.2) is 77.8 Å². The van der Waals surface area contributed by atoms with E-state index in [9.17, 15) is 4.79 Å². The van der Waals surface area contributed by atoms with E-state index in [1.165, 1.54) is 0 Å². The molecule has 0 saturated heterocycles. The number of pyridine rings is 1. The van der Waals surface area contributed by atoms with E-state index in [-0.39, 0.29) is 5.91 Å². The molecule has 1 aromatic carbocycles. The third-order valence-corrected chi connectivity index (χ3v) is 5.21. The second-order valence-electron chi connectivity index (χ2n) is 6.72. The van der Waals surface area contributed by atoms with Crippen molar-refractivity contribution in [1.29, 1.82) is 0 Å². The molecular formula is C23H21N3O2S. The minimum Gasteiger partial charge on any atom is -0.487 e. The maximum absolute atomic E-state index is 12.3. The average molecular weight is 404 g/mol. The Kier molecular flexibility index (Phi) is 5.72. The first-order valence-electron chi connectivity index (χ1n) is 9.27. The van der Waals surface area contributed by atoms with Gasteiger partial charge in [0.15, 0.2) is 0 Å². The fourth-order valence-corrected chi connectivity index (χ4v) is 3.58. The van der Waals surface area contributed by atoms with Gasteiger partial charge >= 0.3 is 0 Å². The summed E-state index contributed by atoms with van der Waals surface area (Å²) in [4.78, 5) is 18.5. The van der Waals surface area contributed by atoms with E-state index in [0.717, 1.165) is 28.2 Å². The molecule has 5 nitrogen and oxygen atoms in total. The van der Waals surface area contributed by atoms with Gasteiger partial charge in [-0.2, -0.15) is 11.3 Å². The molecule has 3 aromatic heterocycles. The van der Waals surface area contributed by atoms with E-state index in [0.29, 0.717) is 13.2 Å². The van der Waals surface area contributed by atoms with Crippen molar-refractivity contribution in [3.63, 3.8) is 0 Å². The number of ether oxygens (including phenoxy) is 1. The number of fused-ring (bicyclic) bond motifs is 1. The first-order valence-corrected chi connectivity index (χ1v) is 10.2. The lowest BCUT2D eigenvalue weighted by Crippen LogP contribution is -2.23. The largest absolute Gasteiger partial charge is 0.487 e. The van der Waals surface area contributed by atoms with Crippen molar-refractivity contribution in [1.82, 2.24) is 14.3 Å². The van der Waals surface area contributed by atoms with Gasteiger partial charge in [-0.25, -0.2) is 4.98 Å². The van der Waals surface area contributed by atoms with Crippen molar-refractivity contribution in [3.05, 3.63) is 94.6 Å². The Morgan fingerprint density at radius 2 is 2.07 bits per heavy atom. The van der Waals surface area contributed by atoms with Gasteiger partial charge in [-0.1, -0.05) is 18.2 Å². The van der Waals surface area contributed by atoms with Crippen LogP contribution in [0.25, 0.3) is 11.7 Å². The summed E-state index contributed by atoms with van der Waals surface area (Å²) in [5, 5.41) is 4.07. The first kappa shape index (κ1) is 19.0. The van der Waals surface area contributed by atoms with E-state index in [1.807, 2.05) is 76.8 Å². The highest BCUT2D eigenvalue weighted by Crippen LogP contribution is 2.16. The number of rotatable bonds is 7. The molecule has 0 saturated carbocycles. The molecule has 0 fully saturated rings. The van der Waals surface area contributed by atoms with Gasteiger partial charge in [-0.05, 0) is 58.3 Å². The Hall–Kier alpha value is -3.38. The molecule has 146 valence electrons. The van der Waals surface area contributed by atoms with E-state index >= 15 is 0 Å². The second kappa shape index (κ2) is 8.75. The van der Waals surface area contributed by atoms with E-state index in [2.05, 4.69) is 10.4 Å². The van der Waals surface area contributed by atoms with Crippen LogP contribution < -0.4 is 4.74 Å². The van der Waals surface area contributed by atoms with E-state index < -0.39 is 0 Å². The third-order valence-electron chi connectivity index (χ3n) is 4.48. The highest BCUT2D eigenvalue weighted by molar-refractivity contribution is 7.07. The lowest BCUT2D eigenvalue weighted by atomic mass is 10.2. The van der Waals surface area contributed by atoms with Gasteiger partial charge in [0.2, 0.25) is 5.91 Å². The molecule has 0 radical (unpaired) electrons. The summed E-state index contributed by atoms with van der Waals surface area (Å²) in [6, 6.07) is 15.6. The predicted octanol–water partition coefficient (Wildman–Crippen LogP) is 4.65. The number of likely N-dealkylation sites (N-methyl/N-ethyl adjacent to an activating group) is 1. The molecule has 0 unspecified atom stereocenters. The summed E-state index contributed by atoms with van der Waals surface area (Å²) >= 11 is 1.64. The molecule has 4 aromatic rings. The van der Waals surface area contributed by atoms with Gasteiger partial charge in [-0.15, -0.1) is 0 Å². The molecule has 29 heavy (non-hydrogen) atoms. The lowest BCUT2D eigenvalue weighted by Gasteiger charge is -2.13. The number of carbonyl (C=O) groups excluding carboxylic acids is 1. The van der Waals surface area contributed by atoms with Crippen LogP contribution in [0.2, 0.25) is 0 Å². The van der Waals surface area contributed by atoms with Gasteiger partial charge in [-0.3, -0.25) is 4.79 Å². The maximum Gasteiger partial charge on any atom is 0.246 e. The van der Waals surface area contributed by atoms with E-state index in [1.54, 1.807) is 29.4 Å². The molecule has 0 N–H and O–H groups in total. The fraction of sp³-hybridized carbons (Fsp3) is 0.130. The van der Waals surface area contributed by atoms with Crippen LogP contribution in [-0.4, -0.2) is 27.2 Å². The highest BCUT2D eigenvalue weighted by Gasteiger charge is 2.06. The predicted molar refractivity (Wildman–Crippen MR) is 116 cm³/mol. The van der Waals surface area contributed by atoms with Crippen LogP contribution in [0.4, 0.5) is 0 Å². The molecule has 1 amide bonds. The number of hydrogen-bond donors (Lipinski definition) is 0. The number of nitrogens with zero attached hydrogens (tertiary/aromatic N) is 3. The number of benzene rings is 1. The van der Waals surface area contributed by atoms with Crippen molar-refractivity contribution in [2.24, 2.45) is 0 Å². The SMILES string of the molecule is CN(Cc1ccsc1)C(=O)/C=C/c1ccc(OCc2cn3ccccc3n2)cc1. The molecule has 0 aliphatic carbocycles. The number of imidazole rings is 1. The topological polar surface area (TPSA) is 46.8 Å². The number of thiophene rings is 1. The molecule has 0 bridgehead atoms. The summed E-state index contributed by atoms with van der Waals surface area (Å²) < 4.78 is 7.80. The zero-order chi connectivity index (χ0) is 20.1. The quantitative estimate of drug-likeness (QED) is 0.422. The lowest BCUT2D eigenvalue weighted by molar-refractivity contribution is -0.125. The van der Waals surface area contributed by atoms with Crippen LogP contribution in [0.3, 0.4) is 0 Å².